The zero-order chi connectivity index (χ0) is 23.0. The minimum absolute atomic E-state index is 0.0186. The molecule has 3 aromatic rings. The minimum Gasteiger partial charge on any atom is -0.461 e. The van der Waals surface area contributed by atoms with Gasteiger partial charge in [0.25, 0.3) is 5.56 Å². The van der Waals surface area contributed by atoms with E-state index in [9.17, 15) is 14.7 Å². The SMILES string of the molecule is Cc1cc(-c2nc3cc(CN[C@H](C(=O)OC4CCC4)[C@@H](C)O)ccc3n2C)cn(C)c1=O. The standard InChI is InChI=1S/C24H30N4O4/c1-14-10-17(13-27(3)23(14)30)22-26-19-11-16(8-9-20(19)28(22)4)12-25-21(15(2)29)24(31)32-18-6-5-7-18/h8-11,13,15,18,21,25,29H,5-7,12H2,1-4H3/t15-,21+/m1/s1. The van der Waals surface area contributed by atoms with Crippen molar-refractivity contribution in [1.82, 2.24) is 19.4 Å². The molecule has 1 aromatic carbocycles. The van der Waals surface area contributed by atoms with Gasteiger partial charge in [0.05, 0.1) is 17.1 Å². The number of hydrogen-bond acceptors (Lipinski definition) is 6. The number of pyridine rings is 1. The lowest BCUT2D eigenvalue weighted by Crippen LogP contribution is -2.47. The highest BCUT2D eigenvalue weighted by Crippen LogP contribution is 2.25. The summed E-state index contributed by atoms with van der Waals surface area (Å²) >= 11 is 0. The number of hydrogen-bond donors (Lipinski definition) is 2. The van der Waals surface area contributed by atoms with Crippen LogP contribution in [0.3, 0.4) is 0 Å². The highest BCUT2D eigenvalue weighted by molar-refractivity contribution is 5.81. The number of rotatable bonds is 7. The number of fused-ring (bicyclic) bond motifs is 1. The number of carbonyl (C=O) groups excluding carboxylic acids is 1. The summed E-state index contributed by atoms with van der Waals surface area (Å²) in [4.78, 5) is 29.2. The Hall–Kier alpha value is -2.97. The summed E-state index contributed by atoms with van der Waals surface area (Å²) in [6.07, 6.45) is 3.78. The van der Waals surface area contributed by atoms with Crippen LogP contribution in [0.4, 0.5) is 0 Å². The maximum absolute atomic E-state index is 12.4. The zero-order valence-corrected chi connectivity index (χ0v) is 19.0. The third-order valence-electron chi connectivity index (χ3n) is 6.16. The molecular formula is C24H30N4O4. The van der Waals surface area contributed by atoms with E-state index in [0.717, 1.165) is 47.2 Å². The Kier molecular flexibility index (Phi) is 6.17. The first kappa shape index (κ1) is 22.2. The molecule has 0 bridgehead atoms. The third-order valence-corrected chi connectivity index (χ3v) is 6.16. The lowest BCUT2D eigenvalue weighted by molar-refractivity contribution is -0.158. The third kappa shape index (κ3) is 4.33. The van der Waals surface area contributed by atoms with Gasteiger partial charge in [0.2, 0.25) is 0 Å². The van der Waals surface area contributed by atoms with Gasteiger partial charge in [-0.25, -0.2) is 4.98 Å². The first-order valence-electron chi connectivity index (χ1n) is 11.0. The summed E-state index contributed by atoms with van der Waals surface area (Å²) in [7, 11) is 3.68. The fourth-order valence-electron chi connectivity index (χ4n) is 4.02. The van der Waals surface area contributed by atoms with Crippen molar-refractivity contribution in [2.75, 3.05) is 0 Å². The summed E-state index contributed by atoms with van der Waals surface area (Å²) in [6.45, 7) is 3.78. The van der Waals surface area contributed by atoms with Crippen molar-refractivity contribution in [3.05, 3.63) is 51.9 Å². The van der Waals surface area contributed by atoms with Crippen molar-refractivity contribution >= 4 is 17.0 Å². The van der Waals surface area contributed by atoms with Crippen LogP contribution in [-0.4, -0.2) is 43.4 Å². The van der Waals surface area contributed by atoms with E-state index in [2.05, 4.69) is 5.32 Å². The van der Waals surface area contributed by atoms with Crippen LogP contribution in [0, 0.1) is 6.92 Å². The predicted molar refractivity (Wildman–Crippen MR) is 122 cm³/mol. The molecule has 0 radical (unpaired) electrons. The minimum atomic E-state index is -0.860. The number of aromatic nitrogens is 3. The number of esters is 1. The summed E-state index contributed by atoms with van der Waals surface area (Å²) in [5.41, 5.74) is 4.24. The van der Waals surface area contributed by atoms with Gasteiger partial charge in [0, 0.05) is 38.0 Å². The second-order valence-electron chi connectivity index (χ2n) is 8.73. The van der Waals surface area contributed by atoms with E-state index in [0.29, 0.717) is 12.1 Å². The molecule has 0 saturated heterocycles. The Balaban J connectivity index is 1.54. The number of benzene rings is 1. The van der Waals surface area contributed by atoms with Gasteiger partial charge in [0.1, 0.15) is 18.0 Å². The number of aliphatic hydroxyl groups is 1. The predicted octanol–water partition coefficient (Wildman–Crippen LogP) is 2.18. The van der Waals surface area contributed by atoms with Crippen molar-refractivity contribution in [3.8, 4) is 11.4 Å². The number of imidazole rings is 1. The molecule has 2 atom stereocenters. The molecule has 0 unspecified atom stereocenters. The van der Waals surface area contributed by atoms with Gasteiger partial charge >= 0.3 is 5.97 Å². The van der Waals surface area contributed by atoms with Crippen LogP contribution in [0.15, 0.2) is 35.3 Å². The highest BCUT2D eigenvalue weighted by Gasteiger charge is 2.29. The molecule has 0 aliphatic heterocycles. The van der Waals surface area contributed by atoms with Gasteiger partial charge < -0.3 is 19.0 Å². The summed E-state index contributed by atoms with van der Waals surface area (Å²) in [5.74, 6) is 0.366. The van der Waals surface area contributed by atoms with Crippen molar-refractivity contribution in [3.63, 3.8) is 0 Å². The van der Waals surface area contributed by atoms with Crippen molar-refractivity contribution in [2.45, 2.75) is 57.9 Å². The van der Waals surface area contributed by atoms with E-state index in [-0.39, 0.29) is 11.7 Å². The molecule has 8 nitrogen and oxygen atoms in total. The molecule has 0 amide bonds. The molecular weight excluding hydrogens is 408 g/mol. The molecule has 1 aliphatic carbocycles. The summed E-state index contributed by atoms with van der Waals surface area (Å²) in [6, 6.07) is 7.01. The van der Waals surface area contributed by atoms with E-state index in [1.54, 1.807) is 31.7 Å². The Morgan fingerprint density at radius 3 is 2.69 bits per heavy atom. The van der Waals surface area contributed by atoms with Gasteiger partial charge in [-0.3, -0.25) is 14.9 Å². The van der Waals surface area contributed by atoms with Crippen LogP contribution in [-0.2, 0) is 30.2 Å². The molecule has 2 aromatic heterocycles. The lowest BCUT2D eigenvalue weighted by atomic mass is 9.96. The molecule has 32 heavy (non-hydrogen) atoms. The molecule has 1 fully saturated rings. The normalized spacial score (nSPS) is 16.0. The smallest absolute Gasteiger partial charge is 0.326 e. The Labute approximate surface area is 186 Å². The average Bonchev–Trinajstić information content (AvgIpc) is 3.04. The maximum atomic E-state index is 12.4. The van der Waals surface area contributed by atoms with E-state index >= 15 is 0 Å². The largest absolute Gasteiger partial charge is 0.461 e. The Morgan fingerprint density at radius 2 is 2.06 bits per heavy atom. The average molecular weight is 439 g/mol. The number of carbonyl (C=O) groups is 1. The number of nitrogens with one attached hydrogen (secondary N) is 1. The Bertz CT molecular complexity index is 1180. The molecule has 0 spiro atoms. The van der Waals surface area contributed by atoms with Crippen LogP contribution >= 0.6 is 0 Å². The molecule has 8 heteroatoms. The lowest BCUT2D eigenvalue weighted by Gasteiger charge is -2.28. The molecule has 2 N–H and O–H groups in total. The van der Waals surface area contributed by atoms with Crippen LogP contribution in [0.2, 0.25) is 0 Å². The number of aryl methyl sites for hydroxylation is 3. The number of nitrogens with zero attached hydrogens (tertiary/aromatic N) is 3. The molecule has 4 rings (SSSR count). The van der Waals surface area contributed by atoms with Gasteiger partial charge in [-0.1, -0.05) is 6.07 Å². The fourth-order valence-corrected chi connectivity index (χ4v) is 4.02. The number of aliphatic hydroxyl groups excluding tert-OH is 1. The summed E-state index contributed by atoms with van der Waals surface area (Å²) in [5, 5.41) is 13.2. The first-order chi connectivity index (χ1) is 15.2. The fraction of sp³-hybridized carbons (Fsp3) is 0.458. The van der Waals surface area contributed by atoms with E-state index in [4.69, 9.17) is 9.72 Å². The molecule has 170 valence electrons. The first-order valence-corrected chi connectivity index (χ1v) is 11.0. The second kappa shape index (κ2) is 8.88. The van der Waals surface area contributed by atoms with Gasteiger partial charge in [-0.15, -0.1) is 0 Å². The van der Waals surface area contributed by atoms with Crippen molar-refractivity contribution < 1.29 is 14.6 Å². The zero-order valence-electron chi connectivity index (χ0n) is 19.0. The second-order valence-corrected chi connectivity index (χ2v) is 8.73. The maximum Gasteiger partial charge on any atom is 0.326 e. The quantitative estimate of drug-likeness (QED) is 0.549. The highest BCUT2D eigenvalue weighted by atomic mass is 16.5. The van der Waals surface area contributed by atoms with E-state index in [1.807, 2.05) is 35.9 Å². The Morgan fingerprint density at radius 1 is 1.31 bits per heavy atom. The van der Waals surface area contributed by atoms with Crippen molar-refractivity contribution in [1.29, 1.82) is 0 Å². The van der Waals surface area contributed by atoms with Crippen LogP contribution in [0.5, 0.6) is 0 Å². The summed E-state index contributed by atoms with van der Waals surface area (Å²) < 4.78 is 9.03. The van der Waals surface area contributed by atoms with E-state index < -0.39 is 18.1 Å². The topological polar surface area (TPSA) is 98.4 Å². The van der Waals surface area contributed by atoms with Gasteiger partial charge in [0.15, 0.2) is 0 Å². The monoisotopic (exact) mass is 438 g/mol. The number of ether oxygens (including phenoxy) is 1. The molecule has 2 heterocycles. The van der Waals surface area contributed by atoms with Gasteiger partial charge in [-0.05, 0) is 56.9 Å². The van der Waals surface area contributed by atoms with E-state index in [1.165, 1.54) is 0 Å². The molecule has 1 aliphatic rings. The molecule has 1 saturated carbocycles. The van der Waals surface area contributed by atoms with Crippen LogP contribution in [0.25, 0.3) is 22.4 Å². The van der Waals surface area contributed by atoms with Crippen LogP contribution in [0.1, 0.15) is 37.3 Å². The van der Waals surface area contributed by atoms with Crippen molar-refractivity contribution in [2.24, 2.45) is 14.1 Å². The van der Waals surface area contributed by atoms with Gasteiger partial charge in [-0.2, -0.15) is 0 Å². The van der Waals surface area contributed by atoms with Crippen LogP contribution < -0.4 is 10.9 Å².